The molecule has 0 aromatic rings. The number of allylic oxidation sites excluding steroid dienone is 14. The predicted molar refractivity (Wildman–Crippen MR) is 227 cm³/mol. The summed E-state index contributed by atoms with van der Waals surface area (Å²) in [6.45, 7) is 2.19. The van der Waals surface area contributed by atoms with Crippen LogP contribution in [-0.4, -0.2) is 71.1 Å². The molecule has 0 aliphatic rings. The van der Waals surface area contributed by atoms with Gasteiger partial charge in [0.25, 0.3) is 0 Å². The summed E-state index contributed by atoms with van der Waals surface area (Å²) in [5, 5.41) is 18.1. The lowest BCUT2D eigenvalue weighted by Crippen LogP contribution is -2.34. The average molecular weight is 822 g/mol. The smallest absolute Gasteiger partial charge is 0.472 e. The quantitative estimate of drug-likeness (QED) is 0.0201. The van der Waals surface area contributed by atoms with E-state index >= 15 is 0 Å². The molecule has 0 aliphatic heterocycles. The molecule has 0 bridgehead atoms. The van der Waals surface area contributed by atoms with E-state index in [0.29, 0.717) is 19.3 Å². The van der Waals surface area contributed by atoms with Crippen LogP contribution in [0.5, 0.6) is 0 Å². The number of esters is 2. The molecule has 1 unspecified atom stereocenters. The molecule has 0 saturated carbocycles. The Kier molecular flexibility index (Phi) is 35.9. The third-order valence-electron chi connectivity index (χ3n) is 8.13. The Balaban J connectivity index is 4.58. The zero-order chi connectivity index (χ0) is 42.2. The molecule has 0 amide bonds. The predicted octanol–water partition coefficient (Wildman–Crippen LogP) is 9.69. The molecule has 0 spiro atoms. The third kappa shape index (κ3) is 39.2. The molecule has 0 aromatic carbocycles. The lowest BCUT2D eigenvalue weighted by molar-refractivity contribution is -0.161. The van der Waals surface area contributed by atoms with Crippen molar-refractivity contribution in [2.75, 3.05) is 19.8 Å². The van der Waals surface area contributed by atoms with Gasteiger partial charge in [-0.1, -0.05) is 105 Å². The van der Waals surface area contributed by atoms with Gasteiger partial charge in [-0.2, -0.15) is 0 Å². The van der Waals surface area contributed by atoms with E-state index in [1.165, 1.54) is 19.3 Å². The van der Waals surface area contributed by atoms with Crippen LogP contribution in [0.1, 0.15) is 136 Å². The number of aliphatic carboxylic acids is 1. The number of unbranched alkanes of at least 4 members (excludes halogenated alkanes) is 7. The first-order chi connectivity index (χ1) is 27.5. The number of carboxylic acids is 1. The average Bonchev–Trinajstić information content (AvgIpc) is 3.17. The van der Waals surface area contributed by atoms with Crippen LogP contribution < -0.4 is 5.73 Å². The van der Waals surface area contributed by atoms with Crippen LogP contribution in [-0.2, 0) is 37.5 Å². The van der Waals surface area contributed by atoms with Crippen LogP contribution in [0, 0.1) is 0 Å². The van der Waals surface area contributed by atoms with Gasteiger partial charge in [0.2, 0.25) is 0 Å². The van der Waals surface area contributed by atoms with Crippen molar-refractivity contribution >= 4 is 25.7 Å². The molecule has 0 rings (SSSR count). The number of aliphatic hydroxyl groups is 1. The van der Waals surface area contributed by atoms with E-state index in [0.717, 1.165) is 70.6 Å². The van der Waals surface area contributed by atoms with Gasteiger partial charge in [-0.3, -0.25) is 23.4 Å². The number of nitrogens with two attached hydrogens (primary N) is 1. The van der Waals surface area contributed by atoms with Crippen LogP contribution in [0.2, 0.25) is 0 Å². The highest BCUT2D eigenvalue weighted by Crippen LogP contribution is 2.43. The number of phosphoric acid groups is 1. The minimum atomic E-state index is -4.75. The van der Waals surface area contributed by atoms with E-state index in [2.05, 4.69) is 84.4 Å². The Labute approximate surface area is 342 Å². The molecule has 0 fully saturated rings. The zero-order valence-corrected chi connectivity index (χ0v) is 35.4. The second kappa shape index (κ2) is 38.2. The van der Waals surface area contributed by atoms with Gasteiger partial charge in [0.1, 0.15) is 12.6 Å². The van der Waals surface area contributed by atoms with Crippen molar-refractivity contribution in [3.8, 4) is 0 Å². The molecule has 0 radical (unpaired) electrons. The third-order valence-corrected chi connectivity index (χ3v) is 9.08. The molecule has 4 atom stereocenters. The van der Waals surface area contributed by atoms with E-state index in [1.807, 2.05) is 12.2 Å². The topological polar surface area (TPSA) is 192 Å². The van der Waals surface area contributed by atoms with Crippen molar-refractivity contribution in [1.82, 2.24) is 0 Å². The standard InChI is InChI=1S/C44H72NO11P/c1-3-4-5-6-7-8-9-10-12-16-19-22-25-28-31-34-42(47)53-36-40(37-54-57(51,52)55-38-41(45)44(49)50)56-43(48)35-32-29-26-23-20-17-14-11-13-15-18-21-24-27-30-33-39(2)46/h7-8,10,12-15,17,19,21-24,26,39-41,46H,3-6,9,11,16,18,20,25,27-38,45H2,1-2H3,(H,49,50)(H,51,52)/b8-7-,12-10-,15-13-,17-14-,22-19-,24-21-,26-23-/t39-,40+,41-/m0/s1. The van der Waals surface area contributed by atoms with Gasteiger partial charge < -0.3 is 30.3 Å². The molecule has 0 heterocycles. The van der Waals surface area contributed by atoms with Crippen molar-refractivity contribution in [3.63, 3.8) is 0 Å². The fourth-order valence-electron chi connectivity index (χ4n) is 4.84. The van der Waals surface area contributed by atoms with Crippen LogP contribution in [0.3, 0.4) is 0 Å². The molecule has 5 N–H and O–H groups in total. The summed E-state index contributed by atoms with van der Waals surface area (Å²) in [5.74, 6) is -2.54. The fraction of sp³-hybridized carbons (Fsp3) is 0.614. The molecule has 0 aromatic heterocycles. The van der Waals surface area contributed by atoms with E-state index in [-0.39, 0.29) is 18.9 Å². The monoisotopic (exact) mass is 821 g/mol. The van der Waals surface area contributed by atoms with Crippen LogP contribution >= 0.6 is 7.82 Å². The normalized spacial score (nSPS) is 15.2. The number of carbonyl (C=O) groups excluding carboxylic acids is 2. The fourth-order valence-corrected chi connectivity index (χ4v) is 5.62. The maximum absolute atomic E-state index is 12.6. The van der Waals surface area contributed by atoms with Crippen LogP contribution in [0.15, 0.2) is 85.1 Å². The Hall–Kier alpha value is -3.38. The molecule has 0 saturated heterocycles. The maximum Gasteiger partial charge on any atom is 0.472 e. The molecule has 324 valence electrons. The van der Waals surface area contributed by atoms with Gasteiger partial charge in [-0.25, -0.2) is 4.57 Å². The summed E-state index contributed by atoms with van der Waals surface area (Å²) >= 11 is 0. The van der Waals surface area contributed by atoms with Gasteiger partial charge in [0.15, 0.2) is 6.10 Å². The molecule has 13 heteroatoms. The number of carboxylic acid groups (broad SMARTS) is 1. The molecule has 57 heavy (non-hydrogen) atoms. The second-order valence-corrected chi connectivity index (χ2v) is 15.1. The first-order valence-corrected chi connectivity index (χ1v) is 22.1. The second-order valence-electron chi connectivity index (χ2n) is 13.7. The number of hydrogen-bond acceptors (Lipinski definition) is 10. The summed E-state index contributed by atoms with van der Waals surface area (Å²) in [7, 11) is -4.75. The maximum atomic E-state index is 12.6. The van der Waals surface area contributed by atoms with E-state index in [9.17, 15) is 28.9 Å². The summed E-state index contributed by atoms with van der Waals surface area (Å²) < 4.78 is 32.5. The lowest BCUT2D eigenvalue weighted by atomic mass is 10.1. The molecule has 0 aliphatic carbocycles. The molecular formula is C44H72NO11P. The lowest BCUT2D eigenvalue weighted by Gasteiger charge is -2.20. The van der Waals surface area contributed by atoms with Gasteiger partial charge in [-0.05, 0) is 103 Å². The first kappa shape index (κ1) is 53.6. The van der Waals surface area contributed by atoms with Crippen molar-refractivity contribution in [2.24, 2.45) is 5.73 Å². The molecular weight excluding hydrogens is 749 g/mol. The SMILES string of the molecule is CCCCC/C=C\C/C=C\C/C=C\CCCCC(=O)OC[C@H](COP(=O)(O)OC[C@H](N)C(=O)O)OC(=O)CCC/C=C\C/C=C\C/C=C\C/C=C\CCC[C@H](C)O. The first-order valence-electron chi connectivity index (χ1n) is 20.6. The number of ether oxygens (including phenoxy) is 2. The Morgan fingerprint density at radius 3 is 1.54 bits per heavy atom. The summed E-state index contributed by atoms with van der Waals surface area (Å²) in [6.07, 6.45) is 43.6. The van der Waals surface area contributed by atoms with Crippen molar-refractivity contribution in [1.29, 1.82) is 0 Å². The highest BCUT2D eigenvalue weighted by atomic mass is 31.2. The largest absolute Gasteiger partial charge is 0.480 e. The number of aliphatic hydroxyl groups excluding tert-OH is 1. The molecule has 12 nitrogen and oxygen atoms in total. The highest BCUT2D eigenvalue weighted by Gasteiger charge is 2.28. The van der Waals surface area contributed by atoms with Gasteiger partial charge >= 0.3 is 25.7 Å². The Morgan fingerprint density at radius 2 is 1.05 bits per heavy atom. The van der Waals surface area contributed by atoms with Crippen molar-refractivity contribution < 1.29 is 52.6 Å². The summed E-state index contributed by atoms with van der Waals surface area (Å²) in [5.41, 5.74) is 5.32. The minimum absolute atomic E-state index is 0.0602. The minimum Gasteiger partial charge on any atom is -0.480 e. The number of hydrogen-bond donors (Lipinski definition) is 4. The van der Waals surface area contributed by atoms with E-state index < -0.39 is 57.7 Å². The van der Waals surface area contributed by atoms with E-state index in [4.69, 9.17) is 24.8 Å². The number of carbonyl (C=O) groups is 3. The summed E-state index contributed by atoms with van der Waals surface area (Å²) in [6, 6.07) is -1.54. The Morgan fingerprint density at radius 1 is 0.614 bits per heavy atom. The number of rotatable bonds is 37. The van der Waals surface area contributed by atoms with Gasteiger partial charge in [0.05, 0.1) is 19.3 Å². The highest BCUT2D eigenvalue weighted by molar-refractivity contribution is 7.47. The summed E-state index contributed by atoms with van der Waals surface area (Å²) in [4.78, 5) is 45.8. The number of phosphoric ester groups is 1. The van der Waals surface area contributed by atoms with Crippen molar-refractivity contribution in [2.45, 2.75) is 154 Å². The Bertz CT molecular complexity index is 1300. The van der Waals surface area contributed by atoms with Crippen LogP contribution in [0.4, 0.5) is 0 Å². The van der Waals surface area contributed by atoms with Crippen molar-refractivity contribution in [3.05, 3.63) is 85.1 Å². The van der Waals surface area contributed by atoms with Crippen LogP contribution in [0.25, 0.3) is 0 Å². The zero-order valence-electron chi connectivity index (χ0n) is 34.5. The van der Waals surface area contributed by atoms with Gasteiger partial charge in [0, 0.05) is 12.8 Å². The van der Waals surface area contributed by atoms with E-state index in [1.54, 1.807) is 6.92 Å². The van der Waals surface area contributed by atoms with Gasteiger partial charge in [-0.15, -0.1) is 0 Å².